The number of ether oxygens (including phenoxy) is 4. The van der Waals surface area contributed by atoms with Crippen LogP contribution in [0.15, 0.2) is 28.7 Å². The number of benzene rings is 1. The van der Waals surface area contributed by atoms with Gasteiger partial charge < -0.3 is 18.9 Å². The quantitative estimate of drug-likeness (QED) is 0.318. The maximum absolute atomic E-state index is 11.5. The van der Waals surface area contributed by atoms with Crippen LogP contribution in [0, 0.1) is 0 Å². The van der Waals surface area contributed by atoms with Gasteiger partial charge in [-0.05, 0) is 30.7 Å². The smallest absolute Gasteiger partial charge is 0.311 e. The van der Waals surface area contributed by atoms with Crippen molar-refractivity contribution < 1.29 is 23.7 Å². The Labute approximate surface area is 186 Å². The van der Waals surface area contributed by atoms with Gasteiger partial charge in [0.25, 0.3) is 0 Å². The molecule has 3 rings (SSSR count). The zero-order valence-corrected chi connectivity index (χ0v) is 18.7. The number of hydrazone groups is 1. The van der Waals surface area contributed by atoms with Gasteiger partial charge in [0.15, 0.2) is 11.5 Å². The molecule has 2 aromatic rings. The van der Waals surface area contributed by atoms with E-state index >= 15 is 0 Å². The Bertz CT molecular complexity index is 867. The second-order valence-corrected chi connectivity index (χ2v) is 7.57. The second-order valence-electron chi connectivity index (χ2n) is 6.71. The number of rotatable bonds is 11. The zero-order chi connectivity index (χ0) is 21.9. The molecule has 1 aromatic carbocycles. The summed E-state index contributed by atoms with van der Waals surface area (Å²) in [5.41, 5.74) is 4.40. The molecular formula is C21H28N4O5S. The lowest BCUT2D eigenvalue weighted by Gasteiger charge is -2.26. The van der Waals surface area contributed by atoms with E-state index in [1.807, 2.05) is 23.6 Å². The van der Waals surface area contributed by atoms with Crippen LogP contribution in [-0.2, 0) is 20.7 Å². The Morgan fingerprint density at radius 3 is 2.97 bits per heavy atom. The highest BCUT2D eigenvalue weighted by Crippen LogP contribution is 2.27. The molecule has 0 bridgehead atoms. The van der Waals surface area contributed by atoms with Crippen LogP contribution in [0.2, 0.25) is 0 Å². The lowest BCUT2D eigenvalue weighted by atomic mass is 10.2. The molecule has 1 aliphatic heterocycles. The number of carbonyl (C=O) groups excluding carboxylic acids is 1. The molecule has 1 aliphatic rings. The van der Waals surface area contributed by atoms with Crippen LogP contribution in [-0.4, -0.2) is 75.2 Å². The van der Waals surface area contributed by atoms with Crippen molar-refractivity contribution in [2.45, 2.75) is 13.3 Å². The molecule has 0 unspecified atom stereocenters. The van der Waals surface area contributed by atoms with Crippen molar-refractivity contribution in [1.82, 2.24) is 9.88 Å². The summed E-state index contributed by atoms with van der Waals surface area (Å²) >= 11 is 1.38. The molecule has 1 saturated heterocycles. The number of nitrogens with zero attached hydrogens (tertiary/aromatic N) is 3. The minimum atomic E-state index is -0.290. The van der Waals surface area contributed by atoms with Crippen LogP contribution < -0.4 is 14.9 Å². The number of methoxy groups -OCH3 is 1. The van der Waals surface area contributed by atoms with Gasteiger partial charge in [0.2, 0.25) is 5.13 Å². The summed E-state index contributed by atoms with van der Waals surface area (Å²) in [6, 6.07) is 5.64. The van der Waals surface area contributed by atoms with Crippen molar-refractivity contribution in [3.63, 3.8) is 0 Å². The summed E-state index contributed by atoms with van der Waals surface area (Å²) in [6.07, 6.45) is 1.83. The first-order valence-corrected chi connectivity index (χ1v) is 11.1. The minimum absolute atomic E-state index is 0.152. The molecule has 9 nitrogen and oxygen atoms in total. The zero-order valence-electron chi connectivity index (χ0n) is 17.8. The van der Waals surface area contributed by atoms with Crippen LogP contribution >= 0.6 is 11.3 Å². The minimum Gasteiger partial charge on any atom is -0.493 e. The Hall–Kier alpha value is -2.69. The fourth-order valence-corrected chi connectivity index (χ4v) is 3.62. The molecule has 0 radical (unpaired) electrons. The van der Waals surface area contributed by atoms with Gasteiger partial charge in [-0.2, -0.15) is 5.10 Å². The molecule has 2 heterocycles. The van der Waals surface area contributed by atoms with Crippen LogP contribution in [0.4, 0.5) is 5.13 Å². The van der Waals surface area contributed by atoms with Crippen LogP contribution in [0.5, 0.6) is 11.5 Å². The predicted octanol–water partition coefficient (Wildman–Crippen LogP) is 2.41. The van der Waals surface area contributed by atoms with Gasteiger partial charge in [-0.3, -0.25) is 15.1 Å². The van der Waals surface area contributed by atoms with E-state index in [0.717, 1.165) is 38.4 Å². The number of anilines is 1. The van der Waals surface area contributed by atoms with E-state index in [1.165, 1.54) is 11.3 Å². The highest BCUT2D eigenvalue weighted by atomic mass is 32.1. The monoisotopic (exact) mass is 448 g/mol. The first-order valence-electron chi connectivity index (χ1n) is 10.2. The maximum Gasteiger partial charge on any atom is 0.311 e. The topological polar surface area (TPSA) is 94.5 Å². The number of aromatic nitrogens is 1. The van der Waals surface area contributed by atoms with Gasteiger partial charge in [-0.15, -0.1) is 11.3 Å². The highest BCUT2D eigenvalue weighted by Gasteiger charge is 2.11. The molecule has 10 heteroatoms. The van der Waals surface area contributed by atoms with Crippen molar-refractivity contribution in [2.24, 2.45) is 5.10 Å². The number of hydrogen-bond donors (Lipinski definition) is 1. The summed E-state index contributed by atoms with van der Waals surface area (Å²) in [7, 11) is 1.62. The molecule has 1 fully saturated rings. The second kappa shape index (κ2) is 12.2. The Kier molecular flexibility index (Phi) is 9.07. The fraction of sp³-hybridized carbons (Fsp3) is 0.476. The van der Waals surface area contributed by atoms with Crippen molar-refractivity contribution >= 4 is 28.7 Å². The normalized spacial score (nSPS) is 14.5. The van der Waals surface area contributed by atoms with Crippen molar-refractivity contribution in [3.8, 4) is 11.5 Å². The number of nitrogens with one attached hydrogen (secondary N) is 1. The maximum atomic E-state index is 11.5. The van der Waals surface area contributed by atoms with Gasteiger partial charge in [0, 0.05) is 25.0 Å². The molecule has 0 amide bonds. The lowest BCUT2D eigenvalue weighted by Crippen LogP contribution is -2.38. The van der Waals surface area contributed by atoms with E-state index in [4.69, 9.17) is 18.9 Å². The molecule has 0 saturated carbocycles. The number of hydrogen-bond acceptors (Lipinski definition) is 10. The third-order valence-corrected chi connectivity index (χ3v) is 5.31. The first-order chi connectivity index (χ1) is 15.2. The van der Waals surface area contributed by atoms with Crippen molar-refractivity contribution in [1.29, 1.82) is 0 Å². The molecular weight excluding hydrogens is 420 g/mol. The van der Waals surface area contributed by atoms with E-state index in [2.05, 4.69) is 20.4 Å². The molecule has 31 heavy (non-hydrogen) atoms. The number of morpholine rings is 1. The fourth-order valence-electron chi connectivity index (χ4n) is 2.96. The van der Waals surface area contributed by atoms with Gasteiger partial charge in [0.1, 0.15) is 6.61 Å². The Morgan fingerprint density at radius 2 is 2.19 bits per heavy atom. The summed E-state index contributed by atoms with van der Waals surface area (Å²) in [5, 5.41) is 6.64. The first kappa shape index (κ1) is 23.0. The van der Waals surface area contributed by atoms with E-state index < -0.39 is 0 Å². The average molecular weight is 449 g/mol. The van der Waals surface area contributed by atoms with Gasteiger partial charge in [-0.1, -0.05) is 0 Å². The third-order valence-electron chi connectivity index (χ3n) is 4.51. The van der Waals surface area contributed by atoms with Gasteiger partial charge in [0.05, 0.1) is 45.3 Å². The van der Waals surface area contributed by atoms with Crippen molar-refractivity contribution in [3.05, 3.63) is 34.8 Å². The summed E-state index contributed by atoms with van der Waals surface area (Å²) in [6.45, 7) is 6.94. The Morgan fingerprint density at radius 1 is 1.35 bits per heavy atom. The van der Waals surface area contributed by atoms with Gasteiger partial charge in [-0.25, -0.2) is 4.98 Å². The third kappa shape index (κ3) is 7.50. The van der Waals surface area contributed by atoms with E-state index in [0.29, 0.717) is 35.5 Å². The number of thiazole rings is 1. The number of esters is 1. The molecule has 1 N–H and O–H groups in total. The van der Waals surface area contributed by atoms with Crippen LogP contribution in [0.1, 0.15) is 18.2 Å². The number of carbonyl (C=O) groups is 1. The molecule has 0 spiro atoms. The molecule has 0 aliphatic carbocycles. The van der Waals surface area contributed by atoms with Crippen LogP contribution in [0.25, 0.3) is 0 Å². The summed E-state index contributed by atoms with van der Waals surface area (Å²) in [5.74, 6) is 1.06. The standard InChI is InChI=1S/C21H28N4O5S/c1-3-29-20(26)13-17-15-31-21(23-17)24-22-14-16-4-5-18(27-2)19(12-16)30-11-8-25-6-9-28-10-7-25/h4-5,12,14-15H,3,6-11,13H2,1-2H3,(H,23,24). The van der Waals surface area contributed by atoms with E-state index in [-0.39, 0.29) is 12.4 Å². The Balaban J connectivity index is 1.52. The van der Waals surface area contributed by atoms with E-state index in [9.17, 15) is 4.79 Å². The summed E-state index contributed by atoms with van der Waals surface area (Å²) in [4.78, 5) is 18.2. The largest absolute Gasteiger partial charge is 0.493 e. The lowest BCUT2D eigenvalue weighted by molar-refractivity contribution is -0.142. The SMILES string of the molecule is CCOC(=O)Cc1csc(NN=Cc2ccc(OC)c(OCCN3CCOCC3)c2)n1. The average Bonchev–Trinajstić information content (AvgIpc) is 3.22. The summed E-state index contributed by atoms with van der Waals surface area (Å²) < 4.78 is 21.7. The molecule has 168 valence electrons. The highest BCUT2D eigenvalue weighted by molar-refractivity contribution is 7.13. The van der Waals surface area contributed by atoms with Crippen LogP contribution in [0.3, 0.4) is 0 Å². The molecule has 0 atom stereocenters. The predicted molar refractivity (Wildman–Crippen MR) is 119 cm³/mol. The van der Waals surface area contributed by atoms with Crippen molar-refractivity contribution in [2.75, 3.05) is 58.6 Å². The molecule has 1 aromatic heterocycles. The van der Waals surface area contributed by atoms with Gasteiger partial charge >= 0.3 is 5.97 Å². The van der Waals surface area contributed by atoms with E-state index in [1.54, 1.807) is 20.2 Å².